The Hall–Kier alpha value is -2.71. The zero-order chi connectivity index (χ0) is 20.1. The fraction of sp³-hybridized carbons (Fsp3) is 0.333. The number of thioether (sulfide) groups is 1. The van der Waals surface area contributed by atoms with Crippen molar-refractivity contribution in [3.8, 4) is 17.1 Å². The predicted octanol–water partition coefficient (Wildman–Crippen LogP) is 3.03. The summed E-state index contributed by atoms with van der Waals surface area (Å²) < 4.78 is 7.53. The molecular formula is C21H23N5O2S. The van der Waals surface area contributed by atoms with Gasteiger partial charge in [0.1, 0.15) is 0 Å². The largest absolute Gasteiger partial charge is 0.376 e. The standard InChI is InChI=1S/C21H23N5O2S/c1-15-4-6-17(7-5-15)26-20(16-8-10-22-11-9-16)24-25-21(26)29-14-19(27)23-13-18-3-2-12-28-18/h4-11,18H,2-3,12-14H2,1H3,(H,23,27)/t18-/m0/s1. The lowest BCUT2D eigenvalue weighted by Crippen LogP contribution is -2.32. The van der Waals surface area contributed by atoms with Gasteiger partial charge in [-0.05, 0) is 44.0 Å². The molecule has 150 valence electrons. The lowest BCUT2D eigenvalue weighted by atomic mass is 10.2. The first-order valence-electron chi connectivity index (χ1n) is 9.64. The van der Waals surface area contributed by atoms with Gasteiger partial charge in [-0.1, -0.05) is 29.5 Å². The number of aryl methyl sites for hydroxylation is 1. The van der Waals surface area contributed by atoms with Crippen molar-refractivity contribution >= 4 is 17.7 Å². The van der Waals surface area contributed by atoms with Gasteiger partial charge < -0.3 is 10.1 Å². The van der Waals surface area contributed by atoms with Crippen molar-refractivity contribution in [3.05, 3.63) is 54.4 Å². The summed E-state index contributed by atoms with van der Waals surface area (Å²) in [6, 6.07) is 12.0. The third-order valence-electron chi connectivity index (χ3n) is 4.75. The van der Waals surface area contributed by atoms with Crippen LogP contribution in [-0.2, 0) is 9.53 Å². The van der Waals surface area contributed by atoms with E-state index in [1.54, 1.807) is 12.4 Å². The molecule has 3 heterocycles. The van der Waals surface area contributed by atoms with E-state index in [1.165, 1.54) is 17.3 Å². The second-order valence-corrected chi connectivity index (χ2v) is 7.88. The maximum Gasteiger partial charge on any atom is 0.230 e. The average Bonchev–Trinajstić information content (AvgIpc) is 3.42. The molecule has 3 aromatic rings. The molecule has 1 aliphatic heterocycles. The van der Waals surface area contributed by atoms with E-state index in [-0.39, 0.29) is 17.8 Å². The quantitative estimate of drug-likeness (QED) is 0.604. The van der Waals surface area contributed by atoms with Gasteiger partial charge in [0, 0.05) is 36.8 Å². The average molecular weight is 410 g/mol. The van der Waals surface area contributed by atoms with Crippen LogP contribution in [0.25, 0.3) is 17.1 Å². The highest BCUT2D eigenvalue weighted by molar-refractivity contribution is 7.99. The summed E-state index contributed by atoms with van der Waals surface area (Å²) in [6.07, 6.45) is 5.67. The molecule has 1 aromatic carbocycles. The van der Waals surface area contributed by atoms with E-state index in [1.807, 2.05) is 35.8 Å². The molecule has 7 nitrogen and oxygen atoms in total. The van der Waals surface area contributed by atoms with E-state index in [4.69, 9.17) is 4.74 Å². The van der Waals surface area contributed by atoms with Crippen molar-refractivity contribution in [1.82, 2.24) is 25.1 Å². The Kier molecular flexibility index (Phi) is 6.21. The van der Waals surface area contributed by atoms with Gasteiger partial charge in [-0.2, -0.15) is 0 Å². The number of benzene rings is 1. The Morgan fingerprint density at radius 1 is 1.21 bits per heavy atom. The van der Waals surface area contributed by atoms with Crippen LogP contribution in [0.15, 0.2) is 53.9 Å². The van der Waals surface area contributed by atoms with Crippen LogP contribution in [0.3, 0.4) is 0 Å². The number of carbonyl (C=O) groups is 1. The van der Waals surface area contributed by atoms with Crippen LogP contribution >= 0.6 is 11.8 Å². The highest BCUT2D eigenvalue weighted by Gasteiger charge is 2.19. The maximum atomic E-state index is 12.3. The number of nitrogens with one attached hydrogen (secondary N) is 1. The summed E-state index contributed by atoms with van der Waals surface area (Å²) in [5, 5.41) is 12.4. The summed E-state index contributed by atoms with van der Waals surface area (Å²) in [4.78, 5) is 16.4. The molecular weight excluding hydrogens is 386 g/mol. The first kappa shape index (κ1) is 19.6. The second-order valence-electron chi connectivity index (χ2n) is 6.94. The van der Waals surface area contributed by atoms with Gasteiger partial charge in [0.05, 0.1) is 11.9 Å². The van der Waals surface area contributed by atoms with Crippen LogP contribution < -0.4 is 5.32 Å². The Morgan fingerprint density at radius 3 is 2.72 bits per heavy atom. The molecule has 1 fully saturated rings. The lowest BCUT2D eigenvalue weighted by Gasteiger charge is -2.12. The Bertz CT molecular complexity index is 953. The second kappa shape index (κ2) is 9.19. The van der Waals surface area contributed by atoms with Crippen molar-refractivity contribution in [2.45, 2.75) is 31.0 Å². The van der Waals surface area contributed by atoms with E-state index >= 15 is 0 Å². The fourth-order valence-electron chi connectivity index (χ4n) is 3.19. The van der Waals surface area contributed by atoms with E-state index < -0.39 is 0 Å². The Labute approximate surface area is 173 Å². The minimum Gasteiger partial charge on any atom is -0.376 e. The summed E-state index contributed by atoms with van der Waals surface area (Å²) in [7, 11) is 0. The van der Waals surface area contributed by atoms with Gasteiger partial charge in [-0.15, -0.1) is 10.2 Å². The molecule has 1 N–H and O–H groups in total. The number of ether oxygens (including phenoxy) is 1. The SMILES string of the molecule is Cc1ccc(-n2c(SCC(=O)NC[C@@H]3CCCO3)nnc2-c2ccncc2)cc1. The van der Waals surface area contributed by atoms with Crippen LogP contribution in [0.5, 0.6) is 0 Å². The molecule has 1 saturated heterocycles. The number of aromatic nitrogens is 4. The van der Waals surface area contributed by atoms with Crippen molar-refractivity contribution in [2.24, 2.45) is 0 Å². The molecule has 8 heteroatoms. The van der Waals surface area contributed by atoms with Crippen molar-refractivity contribution in [2.75, 3.05) is 18.9 Å². The number of carbonyl (C=O) groups excluding carboxylic acids is 1. The van der Waals surface area contributed by atoms with Gasteiger partial charge in [0.25, 0.3) is 0 Å². The number of amides is 1. The first-order valence-corrected chi connectivity index (χ1v) is 10.6. The van der Waals surface area contributed by atoms with E-state index in [9.17, 15) is 4.79 Å². The summed E-state index contributed by atoms with van der Waals surface area (Å²) in [6.45, 7) is 3.40. The fourth-order valence-corrected chi connectivity index (χ4v) is 3.97. The van der Waals surface area contributed by atoms with Gasteiger partial charge in [-0.25, -0.2) is 0 Å². The molecule has 0 bridgehead atoms. The van der Waals surface area contributed by atoms with Gasteiger partial charge in [0.15, 0.2) is 11.0 Å². The molecule has 1 amide bonds. The third-order valence-corrected chi connectivity index (χ3v) is 5.68. The van der Waals surface area contributed by atoms with Crippen LogP contribution in [0, 0.1) is 6.92 Å². The minimum absolute atomic E-state index is 0.0329. The van der Waals surface area contributed by atoms with Crippen molar-refractivity contribution < 1.29 is 9.53 Å². The molecule has 0 saturated carbocycles. The Balaban J connectivity index is 1.52. The number of hydrogen-bond acceptors (Lipinski definition) is 6. The first-order chi connectivity index (χ1) is 14.2. The van der Waals surface area contributed by atoms with E-state index in [2.05, 4.69) is 32.6 Å². The van der Waals surface area contributed by atoms with Crippen LogP contribution in [-0.4, -0.2) is 50.7 Å². The van der Waals surface area contributed by atoms with Gasteiger partial charge in [-0.3, -0.25) is 14.3 Å². The molecule has 0 aliphatic carbocycles. The molecule has 29 heavy (non-hydrogen) atoms. The smallest absolute Gasteiger partial charge is 0.230 e. The third kappa shape index (κ3) is 4.83. The highest BCUT2D eigenvalue weighted by atomic mass is 32.2. The predicted molar refractivity (Wildman–Crippen MR) is 112 cm³/mol. The van der Waals surface area contributed by atoms with Crippen molar-refractivity contribution in [1.29, 1.82) is 0 Å². The molecule has 1 aliphatic rings. The van der Waals surface area contributed by atoms with E-state index in [0.717, 1.165) is 36.5 Å². The van der Waals surface area contributed by atoms with Crippen LogP contribution in [0.1, 0.15) is 18.4 Å². The summed E-state index contributed by atoms with van der Waals surface area (Å²) >= 11 is 1.37. The molecule has 2 aromatic heterocycles. The number of pyridine rings is 1. The zero-order valence-electron chi connectivity index (χ0n) is 16.2. The normalized spacial score (nSPS) is 16.1. The molecule has 0 radical (unpaired) electrons. The van der Waals surface area contributed by atoms with E-state index in [0.29, 0.717) is 11.7 Å². The van der Waals surface area contributed by atoms with Gasteiger partial charge in [0.2, 0.25) is 5.91 Å². The van der Waals surface area contributed by atoms with Gasteiger partial charge >= 0.3 is 0 Å². The zero-order valence-corrected chi connectivity index (χ0v) is 17.1. The molecule has 1 atom stereocenters. The monoisotopic (exact) mass is 409 g/mol. The van der Waals surface area contributed by atoms with Crippen molar-refractivity contribution in [3.63, 3.8) is 0 Å². The van der Waals surface area contributed by atoms with Crippen LogP contribution in [0.2, 0.25) is 0 Å². The molecule has 0 unspecified atom stereocenters. The minimum atomic E-state index is -0.0329. The summed E-state index contributed by atoms with van der Waals surface area (Å²) in [5.74, 6) is 0.959. The lowest BCUT2D eigenvalue weighted by molar-refractivity contribution is -0.119. The Morgan fingerprint density at radius 2 is 2.00 bits per heavy atom. The highest BCUT2D eigenvalue weighted by Crippen LogP contribution is 2.27. The number of hydrogen-bond donors (Lipinski definition) is 1. The number of nitrogens with zero attached hydrogens (tertiary/aromatic N) is 4. The van der Waals surface area contributed by atoms with Crippen LogP contribution in [0.4, 0.5) is 0 Å². The molecule has 0 spiro atoms. The topological polar surface area (TPSA) is 81.9 Å². The maximum absolute atomic E-state index is 12.3. The number of rotatable bonds is 7. The molecule has 4 rings (SSSR count). The summed E-state index contributed by atoms with van der Waals surface area (Å²) in [5.41, 5.74) is 3.05.